The van der Waals surface area contributed by atoms with Crippen molar-refractivity contribution < 1.29 is 0 Å². The summed E-state index contributed by atoms with van der Waals surface area (Å²) in [7, 11) is -2.23. The summed E-state index contributed by atoms with van der Waals surface area (Å²) in [4.78, 5) is 5.51. The molecule has 1 fully saturated rings. The molecule has 0 aliphatic carbocycles. The Morgan fingerprint density at radius 3 is 1.16 bits per heavy atom. The molecular weight excluding hydrogens is 435 g/mol. The molecule has 2 aromatic rings. The number of rotatable bonds is 4. The van der Waals surface area contributed by atoms with Crippen molar-refractivity contribution >= 4 is 43.1 Å². The molecule has 173 valence electrons. The molecule has 6 heteroatoms. The van der Waals surface area contributed by atoms with Crippen molar-refractivity contribution in [3.63, 3.8) is 0 Å². The second-order valence-electron chi connectivity index (χ2n) is 12.8. The van der Waals surface area contributed by atoms with Crippen LogP contribution in [0, 0.1) is 27.7 Å². The molecular formula is C26H44BN2Si3. The van der Waals surface area contributed by atoms with Gasteiger partial charge < -0.3 is 9.62 Å². The molecule has 0 aromatic heterocycles. The second kappa shape index (κ2) is 8.51. The zero-order valence-corrected chi connectivity index (χ0v) is 25.6. The molecule has 32 heavy (non-hydrogen) atoms. The first-order valence-corrected chi connectivity index (χ1v) is 22.4. The lowest BCUT2D eigenvalue weighted by Gasteiger charge is -2.63. The predicted molar refractivity (Wildman–Crippen MR) is 154 cm³/mol. The molecule has 0 bridgehead atoms. The highest BCUT2D eigenvalue weighted by Gasteiger charge is 2.58. The summed E-state index contributed by atoms with van der Waals surface area (Å²) >= 11 is 0. The van der Waals surface area contributed by atoms with Gasteiger partial charge in [-0.15, -0.1) is 0 Å². The van der Waals surface area contributed by atoms with Crippen LogP contribution in [0.25, 0.3) is 0 Å². The molecule has 1 aliphatic rings. The van der Waals surface area contributed by atoms with E-state index >= 15 is 0 Å². The molecule has 2 aromatic carbocycles. The molecule has 0 unspecified atom stereocenters. The van der Waals surface area contributed by atoms with E-state index in [1.807, 2.05) is 0 Å². The maximum absolute atomic E-state index is 2.76. The quantitative estimate of drug-likeness (QED) is 0.433. The average Bonchev–Trinajstić information content (AvgIpc) is 2.57. The molecule has 0 spiro atoms. The first kappa shape index (κ1) is 25.4. The van der Waals surface area contributed by atoms with Crippen LogP contribution in [0.3, 0.4) is 0 Å². The normalized spacial score (nSPS) is 21.5. The van der Waals surface area contributed by atoms with Gasteiger partial charge in [0.15, 0.2) is 0 Å². The number of hydrogen-bond donors (Lipinski definition) is 0. The Morgan fingerprint density at radius 1 is 0.625 bits per heavy atom. The van der Waals surface area contributed by atoms with Gasteiger partial charge in [0.1, 0.15) is 0 Å². The first-order chi connectivity index (χ1) is 14.6. The van der Waals surface area contributed by atoms with Crippen molar-refractivity contribution in [3.05, 3.63) is 58.7 Å². The summed E-state index contributed by atoms with van der Waals surface area (Å²) in [5.41, 5.74) is 8.44. The van der Waals surface area contributed by atoms with Gasteiger partial charge in [-0.2, -0.15) is 0 Å². The maximum Gasteiger partial charge on any atom is 0.390 e. The van der Waals surface area contributed by atoms with Gasteiger partial charge in [0.25, 0.3) is 0 Å². The number of para-hydroxylation sites is 2. The Labute approximate surface area is 201 Å². The van der Waals surface area contributed by atoms with E-state index in [1.54, 1.807) is 0 Å². The highest BCUT2D eigenvalue weighted by atomic mass is 28.4. The monoisotopic (exact) mass is 479 g/mol. The maximum atomic E-state index is 2.76. The van der Waals surface area contributed by atoms with Crippen LogP contribution >= 0.6 is 0 Å². The van der Waals surface area contributed by atoms with Crippen molar-refractivity contribution in [2.75, 3.05) is 9.62 Å². The molecule has 3 rings (SSSR count). The molecule has 1 aliphatic heterocycles. The van der Waals surface area contributed by atoms with Crippen molar-refractivity contribution in [1.29, 1.82) is 0 Å². The Morgan fingerprint density at radius 2 is 0.906 bits per heavy atom. The number of aryl methyl sites for hydroxylation is 4. The topological polar surface area (TPSA) is 6.48 Å². The van der Waals surface area contributed by atoms with Crippen LogP contribution in [0.1, 0.15) is 22.3 Å². The summed E-state index contributed by atoms with van der Waals surface area (Å²) in [5, 5.41) is 1.32. The summed E-state index contributed by atoms with van der Waals surface area (Å²) in [6, 6.07) is 13.6. The fraction of sp³-hybridized carbons (Fsp3) is 0.538. The van der Waals surface area contributed by atoms with Crippen molar-refractivity contribution in [2.45, 2.75) is 90.6 Å². The van der Waals surface area contributed by atoms with Gasteiger partial charge in [-0.3, -0.25) is 0 Å². The van der Waals surface area contributed by atoms with E-state index in [2.05, 4.69) is 134 Å². The predicted octanol–water partition coefficient (Wildman–Crippen LogP) is 7.06. The minimum atomic E-state index is -1.76. The van der Waals surface area contributed by atoms with E-state index in [4.69, 9.17) is 0 Å². The third kappa shape index (κ3) is 4.42. The lowest BCUT2D eigenvalue weighted by Crippen LogP contribution is -2.83. The van der Waals surface area contributed by atoms with Crippen molar-refractivity contribution in [1.82, 2.24) is 0 Å². The van der Waals surface area contributed by atoms with Crippen LogP contribution in [-0.4, -0.2) is 42.3 Å². The summed E-state index contributed by atoms with van der Waals surface area (Å²) < 4.78 is 0. The minimum Gasteiger partial charge on any atom is -0.401 e. The van der Waals surface area contributed by atoms with Crippen LogP contribution in [0.2, 0.25) is 52.4 Å². The summed E-state index contributed by atoms with van der Waals surface area (Å²) in [6.45, 7) is 30.1. The van der Waals surface area contributed by atoms with Gasteiger partial charge in [-0.05, 0) is 49.9 Å². The fourth-order valence-corrected chi connectivity index (χ4v) is 30.5. The van der Waals surface area contributed by atoms with Crippen LogP contribution in [0.4, 0.5) is 11.4 Å². The number of nitrogens with zero attached hydrogens (tertiary/aromatic N) is 2. The van der Waals surface area contributed by atoms with Gasteiger partial charge in [-0.25, -0.2) is 0 Å². The Balaban J connectivity index is 2.34. The lowest BCUT2D eigenvalue weighted by atomic mass is 9.96. The van der Waals surface area contributed by atoms with Gasteiger partial charge in [-0.1, -0.05) is 88.8 Å². The van der Waals surface area contributed by atoms with E-state index in [-0.39, 0.29) is 0 Å². The largest absolute Gasteiger partial charge is 0.401 e. The minimum absolute atomic E-state index is 0.659. The molecule has 1 saturated heterocycles. The summed E-state index contributed by atoms with van der Waals surface area (Å²) in [5.74, 6) is 0. The zero-order chi connectivity index (χ0) is 24.2. The van der Waals surface area contributed by atoms with Crippen LogP contribution < -0.4 is 9.62 Å². The number of anilines is 2. The Bertz CT molecular complexity index is 874. The third-order valence-corrected chi connectivity index (χ3v) is 24.1. The lowest BCUT2D eigenvalue weighted by molar-refractivity contribution is 0.923. The average molecular weight is 480 g/mol. The van der Waals surface area contributed by atoms with E-state index in [0.29, 0.717) is 10.6 Å². The van der Waals surface area contributed by atoms with Gasteiger partial charge in [0.2, 0.25) is 0 Å². The molecule has 2 nitrogen and oxygen atoms in total. The number of benzene rings is 2. The SMILES string of the molecule is Cc1cccc(C)c1N1[B]N(c2c(C)cccc2C)[C@@H]([Si](C)(C)C)[Si](C)(C)[C@@H]1[Si](C)(C)C. The van der Waals surface area contributed by atoms with E-state index < -0.39 is 24.2 Å². The van der Waals surface area contributed by atoms with Gasteiger partial charge in [0, 0.05) is 22.0 Å². The summed E-state index contributed by atoms with van der Waals surface area (Å²) in [6.07, 6.45) is 0. The van der Waals surface area contributed by atoms with Gasteiger partial charge >= 0.3 is 7.55 Å². The molecule has 0 N–H and O–H groups in total. The molecule has 1 heterocycles. The van der Waals surface area contributed by atoms with Crippen molar-refractivity contribution in [3.8, 4) is 0 Å². The smallest absolute Gasteiger partial charge is 0.390 e. The van der Waals surface area contributed by atoms with Gasteiger partial charge in [0.05, 0.1) is 24.2 Å². The van der Waals surface area contributed by atoms with E-state index in [0.717, 1.165) is 0 Å². The highest BCUT2D eigenvalue weighted by Crippen LogP contribution is 2.43. The Hall–Kier alpha value is -1.24. The Kier molecular flexibility index (Phi) is 6.75. The molecule has 0 amide bonds. The van der Waals surface area contributed by atoms with E-state index in [1.165, 1.54) is 33.6 Å². The van der Waals surface area contributed by atoms with E-state index in [9.17, 15) is 0 Å². The second-order valence-corrected chi connectivity index (χ2v) is 29.2. The van der Waals surface area contributed by atoms with Crippen molar-refractivity contribution in [2.24, 2.45) is 0 Å². The fourth-order valence-electron chi connectivity index (χ4n) is 7.00. The van der Waals surface area contributed by atoms with Crippen LogP contribution in [-0.2, 0) is 0 Å². The van der Waals surface area contributed by atoms with Crippen LogP contribution in [0.5, 0.6) is 0 Å². The molecule has 0 saturated carbocycles. The zero-order valence-electron chi connectivity index (χ0n) is 22.6. The first-order valence-electron chi connectivity index (χ1n) is 12.1. The standard InChI is InChI=1S/C26H44BN2Si3/c1-19-15-13-16-20(2)23(19)28-25(30(5,6)7)32(11,12)26(31(8,9)10)29(27-28)24-21(3)17-14-18-22(24)4/h13-18,25-26H,1-12H3/t25-,26-/m0/s1. The van der Waals surface area contributed by atoms with Crippen LogP contribution in [0.15, 0.2) is 36.4 Å². The third-order valence-electron chi connectivity index (χ3n) is 7.25. The molecule has 1 radical (unpaired) electrons. The number of hydrogen-bond acceptors (Lipinski definition) is 2. The highest BCUT2D eigenvalue weighted by molar-refractivity contribution is 7.08. The molecule has 2 atom stereocenters.